The molecular weight excluding hydrogens is 424 g/mol. The minimum absolute atomic E-state index is 0.223. The maximum absolute atomic E-state index is 10.5. The Balaban J connectivity index is 1.61. The van der Waals surface area contributed by atoms with Gasteiger partial charge in [-0.05, 0) is 77.0 Å². The van der Waals surface area contributed by atoms with Crippen molar-refractivity contribution in [2.75, 3.05) is 18.0 Å². The molecule has 1 saturated heterocycles. The summed E-state index contributed by atoms with van der Waals surface area (Å²) < 4.78 is 0.691. The fraction of sp³-hybridized carbons (Fsp3) is 0.240. The molecule has 0 radical (unpaired) electrons. The molecule has 0 amide bonds. The molecule has 1 aliphatic heterocycles. The lowest BCUT2D eigenvalue weighted by atomic mass is 10.0. The molecule has 0 aliphatic carbocycles. The third-order valence-electron chi connectivity index (χ3n) is 5.32. The van der Waals surface area contributed by atoms with Crippen molar-refractivity contribution in [2.45, 2.75) is 25.7 Å². The number of halogens is 1. The average Bonchev–Trinajstić information content (AvgIpc) is 2.77. The van der Waals surface area contributed by atoms with Gasteiger partial charge in [-0.25, -0.2) is 0 Å². The van der Waals surface area contributed by atoms with Gasteiger partial charge in [0.2, 0.25) is 0 Å². The molecule has 3 aromatic carbocycles. The van der Waals surface area contributed by atoms with Gasteiger partial charge in [0.15, 0.2) is 0 Å². The standard InChI is InChI=1S/C25H25BrN2O/c26-22-17-20(15-19-9-3-1-4-10-19)16-21(25(22)29)18-27-23-11-5-6-12-24(23)28-13-7-2-8-14-28/h1,3-6,9-12,16-18,29H,2,7-8,13-15H2. The van der Waals surface area contributed by atoms with Gasteiger partial charge in [-0.1, -0.05) is 42.5 Å². The monoisotopic (exact) mass is 448 g/mol. The van der Waals surface area contributed by atoms with Gasteiger partial charge in [-0.3, -0.25) is 4.99 Å². The lowest BCUT2D eigenvalue weighted by Gasteiger charge is -2.29. The third kappa shape index (κ3) is 4.88. The summed E-state index contributed by atoms with van der Waals surface area (Å²) in [4.78, 5) is 7.17. The second-order valence-electron chi connectivity index (χ2n) is 7.47. The lowest BCUT2D eigenvalue weighted by Crippen LogP contribution is -2.29. The molecule has 4 rings (SSSR count). The summed E-state index contributed by atoms with van der Waals surface area (Å²) in [7, 11) is 0. The van der Waals surface area contributed by atoms with Crippen LogP contribution in [-0.2, 0) is 6.42 Å². The highest BCUT2D eigenvalue weighted by atomic mass is 79.9. The topological polar surface area (TPSA) is 35.8 Å². The molecule has 1 N–H and O–H groups in total. The van der Waals surface area contributed by atoms with Gasteiger partial charge >= 0.3 is 0 Å². The van der Waals surface area contributed by atoms with Crippen LogP contribution in [-0.4, -0.2) is 24.4 Å². The zero-order chi connectivity index (χ0) is 20.1. The van der Waals surface area contributed by atoms with Crippen molar-refractivity contribution >= 4 is 33.5 Å². The van der Waals surface area contributed by atoms with Crippen LogP contribution in [0.5, 0.6) is 5.75 Å². The molecule has 148 valence electrons. The third-order valence-corrected chi connectivity index (χ3v) is 5.93. The first-order valence-electron chi connectivity index (χ1n) is 10.1. The van der Waals surface area contributed by atoms with E-state index in [1.54, 1.807) is 6.21 Å². The highest BCUT2D eigenvalue weighted by Gasteiger charge is 2.14. The van der Waals surface area contributed by atoms with Crippen molar-refractivity contribution in [1.82, 2.24) is 0 Å². The van der Waals surface area contributed by atoms with Crippen molar-refractivity contribution in [3.05, 3.63) is 87.9 Å². The van der Waals surface area contributed by atoms with Crippen molar-refractivity contribution < 1.29 is 5.11 Å². The number of para-hydroxylation sites is 2. The SMILES string of the molecule is Oc1c(Br)cc(Cc2ccccc2)cc1C=Nc1ccccc1N1CCCCC1. The van der Waals surface area contributed by atoms with E-state index in [0.29, 0.717) is 4.47 Å². The van der Waals surface area contributed by atoms with Gasteiger partial charge in [0.05, 0.1) is 15.8 Å². The molecule has 4 heteroatoms. The maximum atomic E-state index is 10.5. The second kappa shape index (κ2) is 9.27. The minimum Gasteiger partial charge on any atom is -0.506 e. The van der Waals surface area contributed by atoms with E-state index in [4.69, 9.17) is 4.99 Å². The average molecular weight is 449 g/mol. The van der Waals surface area contributed by atoms with Crippen LogP contribution in [0.15, 0.2) is 76.2 Å². The lowest BCUT2D eigenvalue weighted by molar-refractivity contribution is 0.471. The van der Waals surface area contributed by atoms with Crippen molar-refractivity contribution in [3.63, 3.8) is 0 Å². The van der Waals surface area contributed by atoms with E-state index in [0.717, 1.165) is 36.3 Å². The molecule has 0 atom stereocenters. The second-order valence-corrected chi connectivity index (χ2v) is 8.33. The molecule has 1 aliphatic rings. The molecule has 0 spiro atoms. The summed E-state index contributed by atoms with van der Waals surface area (Å²) in [5.74, 6) is 0.223. The van der Waals surface area contributed by atoms with E-state index in [1.807, 2.05) is 42.5 Å². The van der Waals surface area contributed by atoms with E-state index < -0.39 is 0 Å². The first kappa shape index (κ1) is 19.7. The fourth-order valence-electron chi connectivity index (χ4n) is 3.83. The zero-order valence-electron chi connectivity index (χ0n) is 16.4. The van der Waals surface area contributed by atoms with Crippen molar-refractivity contribution in [2.24, 2.45) is 4.99 Å². The van der Waals surface area contributed by atoms with Crippen LogP contribution < -0.4 is 4.90 Å². The summed E-state index contributed by atoms with van der Waals surface area (Å²) in [5.41, 5.74) is 5.20. The Bertz CT molecular complexity index is 995. The Labute approximate surface area is 180 Å². The normalized spacial score (nSPS) is 14.4. The van der Waals surface area contributed by atoms with Crippen LogP contribution in [0.25, 0.3) is 0 Å². The Morgan fingerprint density at radius 1 is 0.897 bits per heavy atom. The van der Waals surface area contributed by atoms with E-state index >= 15 is 0 Å². The van der Waals surface area contributed by atoms with E-state index in [1.165, 1.54) is 30.5 Å². The number of hydrogen-bond acceptors (Lipinski definition) is 3. The van der Waals surface area contributed by atoms with Gasteiger partial charge < -0.3 is 10.0 Å². The Morgan fingerprint density at radius 2 is 1.62 bits per heavy atom. The Morgan fingerprint density at radius 3 is 2.41 bits per heavy atom. The maximum Gasteiger partial charge on any atom is 0.138 e. The number of phenols is 1. The highest BCUT2D eigenvalue weighted by molar-refractivity contribution is 9.10. The number of phenolic OH excluding ortho intramolecular Hbond substituents is 1. The number of hydrogen-bond donors (Lipinski definition) is 1. The van der Waals surface area contributed by atoms with Crippen LogP contribution >= 0.6 is 15.9 Å². The summed E-state index contributed by atoms with van der Waals surface area (Å²) in [5, 5.41) is 10.5. The molecule has 1 fully saturated rings. The number of nitrogens with zero attached hydrogens (tertiary/aromatic N) is 2. The molecule has 29 heavy (non-hydrogen) atoms. The Kier molecular flexibility index (Phi) is 6.30. The Hall–Kier alpha value is -2.59. The van der Waals surface area contributed by atoms with Crippen LogP contribution in [0.1, 0.15) is 36.0 Å². The van der Waals surface area contributed by atoms with Crippen LogP contribution in [0.3, 0.4) is 0 Å². The molecular formula is C25H25BrN2O. The smallest absolute Gasteiger partial charge is 0.138 e. The predicted molar refractivity (Wildman–Crippen MR) is 125 cm³/mol. The first-order chi connectivity index (χ1) is 14.2. The van der Waals surface area contributed by atoms with Crippen molar-refractivity contribution in [3.8, 4) is 5.75 Å². The highest BCUT2D eigenvalue weighted by Crippen LogP contribution is 2.33. The van der Waals surface area contributed by atoms with Gasteiger partial charge in [0, 0.05) is 24.9 Å². The summed E-state index contributed by atoms with van der Waals surface area (Å²) in [6.07, 6.45) is 6.35. The number of anilines is 1. The minimum atomic E-state index is 0.223. The van der Waals surface area contributed by atoms with Crippen LogP contribution in [0.4, 0.5) is 11.4 Å². The van der Waals surface area contributed by atoms with E-state index in [9.17, 15) is 5.11 Å². The quantitative estimate of drug-likeness (QED) is 0.452. The number of rotatable bonds is 5. The summed E-state index contributed by atoms with van der Waals surface area (Å²) in [6.45, 7) is 2.16. The van der Waals surface area contributed by atoms with Gasteiger partial charge in [-0.15, -0.1) is 0 Å². The molecule has 1 heterocycles. The summed E-state index contributed by atoms with van der Waals surface area (Å²) >= 11 is 3.49. The zero-order valence-corrected chi connectivity index (χ0v) is 18.0. The van der Waals surface area contributed by atoms with Gasteiger partial charge in [0.1, 0.15) is 5.75 Å². The molecule has 0 bridgehead atoms. The predicted octanol–water partition coefficient (Wildman–Crippen LogP) is 6.49. The first-order valence-corrected chi connectivity index (χ1v) is 10.9. The van der Waals surface area contributed by atoms with Crippen LogP contribution in [0, 0.1) is 0 Å². The van der Waals surface area contributed by atoms with Crippen molar-refractivity contribution in [1.29, 1.82) is 0 Å². The number of piperidine rings is 1. The number of aromatic hydroxyl groups is 1. The van der Waals surface area contributed by atoms with E-state index in [2.05, 4.69) is 45.1 Å². The fourth-order valence-corrected chi connectivity index (χ4v) is 4.35. The van der Waals surface area contributed by atoms with E-state index in [-0.39, 0.29) is 5.75 Å². The largest absolute Gasteiger partial charge is 0.506 e. The molecule has 3 nitrogen and oxygen atoms in total. The summed E-state index contributed by atoms with van der Waals surface area (Å²) in [6, 6.07) is 22.6. The molecule has 3 aromatic rings. The molecule has 0 unspecified atom stereocenters. The van der Waals surface area contributed by atoms with Gasteiger partial charge in [-0.2, -0.15) is 0 Å². The number of benzene rings is 3. The number of aliphatic imine (C=N–C) groups is 1. The van der Waals surface area contributed by atoms with Crippen LogP contribution in [0.2, 0.25) is 0 Å². The molecule has 0 saturated carbocycles. The van der Waals surface area contributed by atoms with Gasteiger partial charge in [0.25, 0.3) is 0 Å². The molecule has 0 aromatic heterocycles.